The monoisotopic (exact) mass is 306 g/mol. The highest BCUT2D eigenvalue weighted by Gasteiger charge is 2.15. The molecule has 124 valence electrons. The maximum atomic E-state index is 11.3. The fourth-order valence-corrected chi connectivity index (χ4v) is 1.72. The molecule has 0 fully saturated rings. The summed E-state index contributed by atoms with van der Waals surface area (Å²) >= 11 is 0. The third-order valence-corrected chi connectivity index (χ3v) is 3.79. The van der Waals surface area contributed by atoms with E-state index in [0.29, 0.717) is 18.3 Å². The van der Waals surface area contributed by atoms with Gasteiger partial charge < -0.3 is 4.74 Å². The molecule has 1 unspecified atom stereocenters. The summed E-state index contributed by atoms with van der Waals surface area (Å²) in [5.74, 6) is 1.03. The zero-order chi connectivity index (χ0) is 17.3. The second-order valence-electron chi connectivity index (χ2n) is 6.11. The number of ether oxygens (including phenoxy) is 1. The van der Waals surface area contributed by atoms with Crippen molar-refractivity contribution >= 4 is 11.8 Å². The van der Waals surface area contributed by atoms with Gasteiger partial charge in [-0.1, -0.05) is 65.8 Å². The first-order chi connectivity index (χ1) is 10.2. The number of hydrogen-bond acceptors (Lipinski definition) is 3. The molecule has 0 N–H and O–H groups in total. The predicted molar refractivity (Wildman–Crippen MR) is 91.2 cm³/mol. The molecule has 3 nitrogen and oxygen atoms in total. The van der Waals surface area contributed by atoms with Crippen molar-refractivity contribution in [2.45, 2.75) is 53.9 Å². The van der Waals surface area contributed by atoms with Crippen LogP contribution < -0.4 is 0 Å². The van der Waals surface area contributed by atoms with Crippen molar-refractivity contribution in [2.75, 3.05) is 7.11 Å². The molecule has 0 aromatic heterocycles. The number of carbonyl (C=O) groups is 2. The molecular formula is C19H30O3. The molecule has 3 heteroatoms. The Bertz CT molecular complexity index is 458. The molecule has 0 saturated carbocycles. The molecule has 0 bridgehead atoms. The van der Waals surface area contributed by atoms with Crippen LogP contribution in [0.15, 0.2) is 24.3 Å². The van der Waals surface area contributed by atoms with Crippen LogP contribution in [0.2, 0.25) is 0 Å². The van der Waals surface area contributed by atoms with E-state index in [1.165, 1.54) is 12.7 Å². The van der Waals surface area contributed by atoms with Gasteiger partial charge in [0.05, 0.1) is 13.0 Å². The van der Waals surface area contributed by atoms with Crippen molar-refractivity contribution in [3.05, 3.63) is 35.4 Å². The number of carbonyl (C=O) groups excluding carboxylic acids is 2. The van der Waals surface area contributed by atoms with Gasteiger partial charge in [0.15, 0.2) is 5.78 Å². The number of hydrogen-bond donors (Lipinski definition) is 0. The molecule has 0 aliphatic rings. The summed E-state index contributed by atoms with van der Waals surface area (Å²) in [5.41, 5.74) is 2.11. The first-order valence-electron chi connectivity index (χ1n) is 7.95. The van der Waals surface area contributed by atoms with Gasteiger partial charge in [-0.2, -0.15) is 0 Å². The molecule has 0 heterocycles. The summed E-state index contributed by atoms with van der Waals surface area (Å²) in [6.45, 7) is 12.1. The van der Waals surface area contributed by atoms with Crippen LogP contribution in [0.3, 0.4) is 0 Å². The molecule has 0 aliphatic carbocycles. The fraction of sp³-hybridized carbons (Fsp3) is 0.579. The zero-order valence-electron chi connectivity index (χ0n) is 15.0. The lowest BCUT2D eigenvalue weighted by molar-refractivity contribution is -0.146. The van der Waals surface area contributed by atoms with Crippen LogP contribution in [0.4, 0.5) is 0 Å². The minimum atomic E-state index is -0.120. The van der Waals surface area contributed by atoms with Crippen LogP contribution in [0.25, 0.3) is 0 Å². The summed E-state index contributed by atoms with van der Waals surface area (Å²) in [6.07, 6.45) is 0.584. The number of esters is 1. The van der Waals surface area contributed by atoms with Gasteiger partial charge in [-0.25, -0.2) is 0 Å². The van der Waals surface area contributed by atoms with Crippen LogP contribution in [-0.2, 0) is 9.53 Å². The van der Waals surface area contributed by atoms with Gasteiger partial charge in [0.1, 0.15) is 0 Å². The van der Waals surface area contributed by atoms with Gasteiger partial charge in [0.25, 0.3) is 0 Å². The van der Waals surface area contributed by atoms with Crippen LogP contribution in [-0.4, -0.2) is 18.9 Å². The predicted octanol–water partition coefficient (Wildman–Crippen LogP) is 4.85. The Hall–Kier alpha value is -1.64. The molecule has 0 amide bonds. The van der Waals surface area contributed by atoms with E-state index in [9.17, 15) is 9.59 Å². The summed E-state index contributed by atoms with van der Waals surface area (Å²) in [4.78, 5) is 22.0. The lowest BCUT2D eigenvalue weighted by atomic mass is 9.99. The Balaban J connectivity index is 0.000000433. The second-order valence-corrected chi connectivity index (χ2v) is 6.11. The topological polar surface area (TPSA) is 43.4 Å². The van der Waals surface area contributed by atoms with Gasteiger partial charge in [0, 0.05) is 12.0 Å². The number of ketones is 1. The van der Waals surface area contributed by atoms with Crippen molar-refractivity contribution in [1.29, 1.82) is 0 Å². The average Bonchev–Trinajstić information content (AvgIpc) is 2.53. The summed E-state index contributed by atoms with van der Waals surface area (Å²) < 4.78 is 4.53. The summed E-state index contributed by atoms with van der Waals surface area (Å²) in [5, 5.41) is 0. The Labute approximate surface area is 135 Å². The molecule has 1 aromatic rings. The third-order valence-electron chi connectivity index (χ3n) is 3.79. The molecule has 1 rings (SSSR count). The lowest BCUT2D eigenvalue weighted by Gasteiger charge is -2.11. The van der Waals surface area contributed by atoms with Crippen molar-refractivity contribution in [1.82, 2.24) is 0 Å². The van der Waals surface area contributed by atoms with Gasteiger partial charge in [-0.15, -0.1) is 0 Å². The van der Waals surface area contributed by atoms with E-state index >= 15 is 0 Å². The van der Waals surface area contributed by atoms with Gasteiger partial charge >= 0.3 is 5.97 Å². The SMILES string of the molecule is CCC(=O)c1ccc(C(C)C)cc1.COC(=O)C(C)C(C)C. The van der Waals surface area contributed by atoms with Crippen LogP contribution >= 0.6 is 0 Å². The standard InChI is InChI=1S/C12H16O.C7H14O2/c1-4-12(13)11-7-5-10(6-8-11)9(2)3;1-5(2)6(3)7(8)9-4/h5-9H,4H2,1-3H3;5-6H,1-4H3. The molecule has 0 spiro atoms. The number of rotatable bonds is 5. The maximum absolute atomic E-state index is 11.3. The van der Waals surface area contributed by atoms with Crippen molar-refractivity contribution < 1.29 is 14.3 Å². The quantitative estimate of drug-likeness (QED) is 0.576. The lowest BCUT2D eigenvalue weighted by Crippen LogP contribution is -2.17. The maximum Gasteiger partial charge on any atom is 0.308 e. The van der Waals surface area contributed by atoms with Crippen LogP contribution in [0.1, 0.15) is 69.8 Å². The van der Waals surface area contributed by atoms with E-state index in [4.69, 9.17) is 0 Å². The molecule has 22 heavy (non-hydrogen) atoms. The Kier molecular flexibility index (Phi) is 9.39. The molecular weight excluding hydrogens is 276 g/mol. The molecule has 0 radical (unpaired) electrons. The normalized spacial score (nSPS) is 11.7. The summed E-state index contributed by atoms with van der Waals surface area (Å²) in [6, 6.07) is 7.91. The number of methoxy groups -OCH3 is 1. The van der Waals surface area contributed by atoms with Gasteiger partial charge in [0.2, 0.25) is 0 Å². The zero-order valence-corrected chi connectivity index (χ0v) is 15.0. The van der Waals surface area contributed by atoms with Gasteiger partial charge in [-0.3, -0.25) is 9.59 Å². The van der Waals surface area contributed by atoms with Crippen LogP contribution in [0, 0.1) is 11.8 Å². The highest BCUT2D eigenvalue weighted by atomic mass is 16.5. The third kappa shape index (κ3) is 6.88. The van der Waals surface area contributed by atoms with E-state index in [2.05, 4.69) is 18.6 Å². The molecule has 1 atom stereocenters. The minimum Gasteiger partial charge on any atom is -0.469 e. The van der Waals surface area contributed by atoms with Crippen molar-refractivity contribution in [3.63, 3.8) is 0 Å². The Morgan fingerprint density at radius 1 is 1.00 bits per heavy atom. The smallest absolute Gasteiger partial charge is 0.308 e. The number of benzene rings is 1. The van der Waals surface area contributed by atoms with Gasteiger partial charge in [-0.05, 0) is 17.4 Å². The van der Waals surface area contributed by atoms with E-state index in [1.807, 2.05) is 52.0 Å². The fourth-order valence-electron chi connectivity index (χ4n) is 1.72. The molecule has 1 aromatic carbocycles. The Morgan fingerprint density at radius 2 is 1.50 bits per heavy atom. The summed E-state index contributed by atoms with van der Waals surface area (Å²) in [7, 11) is 1.42. The molecule has 0 aliphatic heterocycles. The van der Waals surface area contributed by atoms with E-state index in [1.54, 1.807) is 0 Å². The minimum absolute atomic E-state index is 0.0231. The largest absolute Gasteiger partial charge is 0.469 e. The first-order valence-corrected chi connectivity index (χ1v) is 7.95. The molecule has 0 saturated heterocycles. The average molecular weight is 306 g/mol. The van der Waals surface area contributed by atoms with E-state index in [0.717, 1.165) is 5.56 Å². The second kappa shape index (κ2) is 10.1. The highest BCUT2D eigenvalue weighted by Crippen LogP contribution is 2.15. The first kappa shape index (κ1) is 20.4. The highest BCUT2D eigenvalue weighted by molar-refractivity contribution is 5.95. The van der Waals surface area contributed by atoms with Crippen LogP contribution in [0.5, 0.6) is 0 Å². The van der Waals surface area contributed by atoms with Crippen molar-refractivity contribution in [3.8, 4) is 0 Å². The number of Topliss-reactive ketones (excluding diaryl/α,β-unsaturated/α-hetero) is 1. The van der Waals surface area contributed by atoms with E-state index in [-0.39, 0.29) is 17.7 Å². The Morgan fingerprint density at radius 3 is 1.77 bits per heavy atom. The van der Waals surface area contributed by atoms with E-state index < -0.39 is 0 Å². The van der Waals surface area contributed by atoms with Crippen molar-refractivity contribution in [2.24, 2.45) is 11.8 Å².